The first-order chi connectivity index (χ1) is 16.1. The van der Waals surface area contributed by atoms with Crippen molar-refractivity contribution in [3.8, 4) is 11.5 Å². The average Bonchev–Trinajstić information content (AvgIpc) is 3.20. The Kier molecular flexibility index (Phi) is 7.41. The maximum Gasteiger partial charge on any atom is 0.341 e. The van der Waals surface area contributed by atoms with Crippen molar-refractivity contribution >= 4 is 28.2 Å². The Morgan fingerprint density at radius 2 is 1.85 bits per heavy atom. The largest absolute Gasteiger partial charge is 1.00 e. The van der Waals surface area contributed by atoms with Crippen molar-refractivity contribution in [1.82, 2.24) is 4.90 Å². The molecule has 0 saturated heterocycles. The number of hydrogen-bond acceptors (Lipinski definition) is 7. The number of hydrogen-bond donors (Lipinski definition) is 1. The number of benzene rings is 2. The summed E-state index contributed by atoms with van der Waals surface area (Å²) >= 11 is 1.43. The molecule has 0 fully saturated rings. The SMILES string of the molecule is COC(=O)c1c(NC(=O)C2COc3ccccc3O2)sc2c1CCN(Cc1ccccc1)C2.[Cl-]. The lowest BCUT2D eigenvalue weighted by Crippen LogP contribution is -3.00. The van der Waals surface area contributed by atoms with Gasteiger partial charge in [0.1, 0.15) is 11.6 Å². The third-order valence-electron chi connectivity index (χ3n) is 5.81. The second kappa shape index (κ2) is 10.5. The summed E-state index contributed by atoms with van der Waals surface area (Å²) < 4.78 is 16.5. The molecule has 0 aliphatic carbocycles. The van der Waals surface area contributed by atoms with Gasteiger partial charge in [-0.15, -0.1) is 11.3 Å². The Labute approximate surface area is 208 Å². The van der Waals surface area contributed by atoms with Gasteiger partial charge in [-0.1, -0.05) is 42.5 Å². The molecule has 1 N–H and O–H groups in total. The molecule has 1 atom stereocenters. The van der Waals surface area contributed by atoms with Gasteiger partial charge in [0.15, 0.2) is 11.5 Å². The number of ether oxygens (including phenoxy) is 3. The van der Waals surface area contributed by atoms with Gasteiger partial charge in [-0.2, -0.15) is 0 Å². The van der Waals surface area contributed by atoms with Crippen LogP contribution in [0.3, 0.4) is 0 Å². The number of rotatable bonds is 5. The van der Waals surface area contributed by atoms with Crippen molar-refractivity contribution < 1.29 is 36.2 Å². The fourth-order valence-corrected chi connectivity index (χ4v) is 5.46. The molecular formula is C25H24ClN2O5S-. The topological polar surface area (TPSA) is 77.1 Å². The van der Waals surface area contributed by atoms with Crippen LogP contribution in [0.25, 0.3) is 0 Å². The molecule has 0 bridgehead atoms. The highest BCUT2D eigenvalue weighted by Crippen LogP contribution is 2.38. The van der Waals surface area contributed by atoms with Gasteiger partial charge < -0.3 is 31.9 Å². The number of nitrogens with zero attached hydrogens (tertiary/aromatic N) is 1. The zero-order chi connectivity index (χ0) is 22.8. The van der Waals surface area contributed by atoms with Gasteiger partial charge in [-0.25, -0.2) is 4.79 Å². The minimum absolute atomic E-state index is 0. The Morgan fingerprint density at radius 1 is 1.12 bits per heavy atom. The predicted octanol–water partition coefficient (Wildman–Crippen LogP) is 0.876. The molecule has 0 saturated carbocycles. The molecule has 3 aromatic rings. The second-order valence-corrected chi connectivity index (χ2v) is 9.10. The van der Waals surface area contributed by atoms with Gasteiger partial charge in [0.2, 0.25) is 6.10 Å². The second-order valence-electron chi connectivity index (χ2n) is 8.00. The van der Waals surface area contributed by atoms with E-state index >= 15 is 0 Å². The number of carbonyl (C=O) groups excluding carboxylic acids is 2. The van der Waals surface area contributed by atoms with E-state index < -0.39 is 12.1 Å². The number of nitrogens with one attached hydrogen (secondary N) is 1. The average molecular weight is 500 g/mol. The van der Waals surface area contributed by atoms with Gasteiger partial charge in [0.05, 0.1) is 12.7 Å². The molecule has 9 heteroatoms. The van der Waals surface area contributed by atoms with Gasteiger partial charge in [-0.3, -0.25) is 9.69 Å². The van der Waals surface area contributed by atoms with Crippen LogP contribution >= 0.6 is 11.3 Å². The maximum atomic E-state index is 13.0. The van der Waals surface area contributed by atoms with Crippen molar-refractivity contribution in [2.75, 3.05) is 25.6 Å². The molecule has 178 valence electrons. The first kappa shape index (κ1) is 24.1. The quantitative estimate of drug-likeness (QED) is 0.525. The van der Waals surface area contributed by atoms with Crippen LogP contribution in [-0.4, -0.2) is 43.1 Å². The van der Waals surface area contributed by atoms with E-state index in [1.807, 2.05) is 30.3 Å². The molecule has 0 spiro atoms. The van der Waals surface area contributed by atoms with E-state index in [0.29, 0.717) is 28.6 Å². The number of methoxy groups -OCH3 is 1. The van der Waals surface area contributed by atoms with Crippen molar-refractivity contribution in [3.05, 3.63) is 76.2 Å². The highest BCUT2D eigenvalue weighted by Gasteiger charge is 2.32. The van der Waals surface area contributed by atoms with E-state index in [2.05, 4.69) is 22.3 Å². The standard InChI is InChI=1S/C25H24N2O5S.ClH/c1-30-25(29)22-17-11-12-27(13-16-7-3-2-4-8-16)14-21(17)33-24(22)26-23(28)20-15-31-18-9-5-6-10-19(18)32-20;/h2-10,20H,11-15H2,1H3,(H,26,28);1H/p-1. The minimum atomic E-state index is -0.806. The normalized spacial score (nSPS) is 16.7. The van der Waals surface area contributed by atoms with Crippen molar-refractivity contribution in [1.29, 1.82) is 0 Å². The highest BCUT2D eigenvalue weighted by molar-refractivity contribution is 7.17. The molecular weight excluding hydrogens is 476 g/mol. The molecule has 1 amide bonds. The maximum absolute atomic E-state index is 13.0. The number of para-hydroxylation sites is 2. The zero-order valence-electron chi connectivity index (χ0n) is 18.6. The van der Waals surface area contributed by atoms with Crippen LogP contribution in [0.2, 0.25) is 0 Å². The Balaban J connectivity index is 0.00000274. The van der Waals surface area contributed by atoms with Crippen LogP contribution in [-0.2, 0) is 29.0 Å². The molecule has 2 aromatic carbocycles. The predicted molar refractivity (Wildman–Crippen MR) is 125 cm³/mol. The number of amides is 1. The lowest BCUT2D eigenvalue weighted by Gasteiger charge is -2.27. The number of halogens is 1. The van der Waals surface area contributed by atoms with E-state index in [4.69, 9.17) is 14.2 Å². The van der Waals surface area contributed by atoms with E-state index in [0.717, 1.165) is 30.0 Å². The molecule has 3 heterocycles. The van der Waals surface area contributed by atoms with E-state index in [9.17, 15) is 9.59 Å². The number of fused-ring (bicyclic) bond motifs is 2. The zero-order valence-corrected chi connectivity index (χ0v) is 20.2. The van der Waals surface area contributed by atoms with Crippen LogP contribution < -0.4 is 27.2 Å². The fraction of sp³-hybridized carbons (Fsp3) is 0.280. The minimum Gasteiger partial charge on any atom is -1.00 e. The van der Waals surface area contributed by atoms with Gasteiger partial charge in [0, 0.05) is 24.5 Å². The van der Waals surface area contributed by atoms with E-state index in [-0.39, 0.29) is 24.9 Å². The summed E-state index contributed by atoms with van der Waals surface area (Å²) in [6, 6.07) is 17.5. The van der Waals surface area contributed by atoms with Crippen LogP contribution in [0.4, 0.5) is 5.00 Å². The van der Waals surface area contributed by atoms with Crippen LogP contribution in [0.5, 0.6) is 11.5 Å². The van der Waals surface area contributed by atoms with Crippen LogP contribution in [0, 0.1) is 0 Å². The van der Waals surface area contributed by atoms with Gasteiger partial charge in [-0.05, 0) is 29.7 Å². The van der Waals surface area contributed by atoms with Crippen molar-refractivity contribution in [2.45, 2.75) is 25.6 Å². The summed E-state index contributed by atoms with van der Waals surface area (Å²) in [5.41, 5.74) is 2.65. The third kappa shape index (κ3) is 4.89. The Morgan fingerprint density at radius 3 is 2.62 bits per heavy atom. The van der Waals surface area contributed by atoms with E-state index in [1.165, 1.54) is 24.0 Å². The summed E-state index contributed by atoms with van der Waals surface area (Å²) in [6.07, 6.45) is -0.0887. The highest BCUT2D eigenvalue weighted by atomic mass is 35.5. The van der Waals surface area contributed by atoms with Crippen molar-refractivity contribution in [2.24, 2.45) is 0 Å². The smallest absolute Gasteiger partial charge is 0.341 e. The Bertz CT molecular complexity index is 1180. The first-order valence-electron chi connectivity index (χ1n) is 10.8. The molecule has 7 nitrogen and oxygen atoms in total. The summed E-state index contributed by atoms with van der Waals surface area (Å²) in [5.74, 6) is 0.348. The van der Waals surface area contributed by atoms with Gasteiger partial charge >= 0.3 is 5.97 Å². The third-order valence-corrected chi connectivity index (χ3v) is 6.94. The van der Waals surface area contributed by atoms with E-state index in [1.54, 1.807) is 12.1 Å². The lowest BCUT2D eigenvalue weighted by molar-refractivity contribution is -0.125. The van der Waals surface area contributed by atoms with Crippen LogP contribution in [0.15, 0.2) is 54.6 Å². The molecule has 1 unspecified atom stereocenters. The lowest BCUT2D eigenvalue weighted by atomic mass is 10.0. The van der Waals surface area contributed by atoms with Crippen molar-refractivity contribution in [3.63, 3.8) is 0 Å². The molecule has 5 rings (SSSR count). The molecule has 1 aromatic heterocycles. The fourth-order valence-electron chi connectivity index (χ4n) is 4.18. The number of thiophene rings is 1. The molecule has 0 radical (unpaired) electrons. The molecule has 34 heavy (non-hydrogen) atoms. The van der Waals surface area contributed by atoms with Gasteiger partial charge in [0.25, 0.3) is 5.91 Å². The summed E-state index contributed by atoms with van der Waals surface area (Å²) in [7, 11) is 1.36. The number of esters is 1. The summed E-state index contributed by atoms with van der Waals surface area (Å²) in [6.45, 7) is 2.48. The summed E-state index contributed by atoms with van der Waals surface area (Å²) in [4.78, 5) is 29.0. The number of anilines is 1. The number of carbonyl (C=O) groups is 2. The summed E-state index contributed by atoms with van der Waals surface area (Å²) in [5, 5.41) is 3.40. The molecule has 2 aliphatic rings. The first-order valence-corrected chi connectivity index (χ1v) is 11.6. The molecule has 2 aliphatic heterocycles. The van der Waals surface area contributed by atoms with Crippen LogP contribution in [0.1, 0.15) is 26.4 Å². The monoisotopic (exact) mass is 499 g/mol. The Hall–Kier alpha value is -3.07.